The fraction of sp³-hybridized carbons (Fsp3) is 0.0400. The normalized spacial score (nSPS) is 11.8. The number of aromatic nitrogens is 3. The van der Waals surface area contributed by atoms with Crippen molar-refractivity contribution < 1.29 is 8.78 Å². The molecule has 1 N–H and O–H groups in total. The summed E-state index contributed by atoms with van der Waals surface area (Å²) >= 11 is 0. The van der Waals surface area contributed by atoms with Crippen molar-refractivity contribution in [2.75, 3.05) is 0 Å². The van der Waals surface area contributed by atoms with Gasteiger partial charge in [-0.2, -0.15) is 5.26 Å². The van der Waals surface area contributed by atoms with Crippen molar-refractivity contribution in [1.82, 2.24) is 14.5 Å². The smallest absolute Gasteiger partial charge is 0.149 e. The number of fused-ring (bicyclic) bond motifs is 2. The fourth-order valence-corrected chi connectivity index (χ4v) is 3.73. The topological polar surface area (TPSA) is 57.4 Å². The summed E-state index contributed by atoms with van der Waals surface area (Å²) in [5.74, 6) is -0.248. The molecule has 0 unspecified atom stereocenters. The lowest BCUT2D eigenvalue weighted by Gasteiger charge is -2.05. The number of para-hydroxylation sites is 1. The summed E-state index contributed by atoms with van der Waals surface area (Å²) in [7, 11) is 0. The number of hydrogen-bond acceptors (Lipinski definition) is 2. The Bertz CT molecular complexity index is 1480. The second kappa shape index (κ2) is 7.54. The molecule has 3 aromatic carbocycles. The second-order valence-electron chi connectivity index (χ2n) is 7.27. The van der Waals surface area contributed by atoms with Gasteiger partial charge in [0.05, 0.1) is 16.6 Å². The summed E-state index contributed by atoms with van der Waals surface area (Å²) in [6.07, 6.45) is 3.74. The van der Waals surface area contributed by atoms with E-state index < -0.39 is 0 Å². The van der Waals surface area contributed by atoms with Crippen LogP contribution in [0.1, 0.15) is 17.0 Å². The zero-order valence-corrected chi connectivity index (χ0v) is 16.3. The van der Waals surface area contributed by atoms with Gasteiger partial charge in [0.1, 0.15) is 23.5 Å². The van der Waals surface area contributed by atoms with E-state index in [-0.39, 0.29) is 11.6 Å². The third-order valence-corrected chi connectivity index (χ3v) is 5.20. The summed E-state index contributed by atoms with van der Waals surface area (Å²) in [5.41, 5.74) is 4.31. The Morgan fingerprint density at radius 3 is 2.61 bits per heavy atom. The molecule has 4 nitrogen and oxygen atoms in total. The molecule has 0 aliphatic heterocycles. The first-order chi connectivity index (χ1) is 15.1. The standard InChI is InChI=1S/C25H16F2N4/c26-19-7-5-16(6-8-19)14-31-15-18(21-3-1-2-4-24(21)31)11-17(13-28)25-29-22-10-9-20(27)12-23(22)30-25/h1-12,15H,14H2,(H,29,30)/b17-11-. The van der Waals surface area contributed by atoms with Crippen LogP contribution >= 0.6 is 0 Å². The largest absolute Gasteiger partial charge is 0.342 e. The summed E-state index contributed by atoms with van der Waals surface area (Å²) in [6, 6.07) is 20.8. The van der Waals surface area contributed by atoms with Gasteiger partial charge in [-0.15, -0.1) is 0 Å². The molecule has 0 fully saturated rings. The van der Waals surface area contributed by atoms with Gasteiger partial charge in [0.25, 0.3) is 0 Å². The summed E-state index contributed by atoms with van der Waals surface area (Å²) in [5, 5.41) is 10.8. The second-order valence-corrected chi connectivity index (χ2v) is 7.27. The highest BCUT2D eigenvalue weighted by atomic mass is 19.1. The Hall–Kier alpha value is -4.24. The average molecular weight is 410 g/mol. The number of nitrogens with one attached hydrogen (secondary N) is 1. The highest BCUT2D eigenvalue weighted by Crippen LogP contribution is 2.27. The lowest BCUT2D eigenvalue weighted by atomic mass is 10.1. The Labute approximate surface area is 176 Å². The quantitative estimate of drug-likeness (QED) is 0.375. The molecule has 0 bridgehead atoms. The van der Waals surface area contributed by atoms with Crippen molar-refractivity contribution in [3.05, 3.63) is 102 Å². The van der Waals surface area contributed by atoms with E-state index in [0.29, 0.717) is 29.0 Å². The van der Waals surface area contributed by atoms with E-state index in [1.54, 1.807) is 24.3 Å². The number of rotatable bonds is 4. The fourth-order valence-electron chi connectivity index (χ4n) is 3.73. The number of hydrogen-bond donors (Lipinski definition) is 1. The number of halogens is 2. The molecule has 31 heavy (non-hydrogen) atoms. The van der Waals surface area contributed by atoms with Crippen LogP contribution in [-0.4, -0.2) is 14.5 Å². The Kier molecular flexibility index (Phi) is 4.57. The number of nitriles is 1. The molecule has 0 aliphatic rings. The van der Waals surface area contributed by atoms with Crippen LogP contribution in [0.3, 0.4) is 0 Å². The van der Waals surface area contributed by atoms with Crippen LogP contribution in [0.25, 0.3) is 33.6 Å². The number of H-pyrrole nitrogens is 1. The number of benzene rings is 3. The SMILES string of the molecule is N#C/C(=C/c1cn(Cc2ccc(F)cc2)c2ccccc12)c1nc2ccc(F)cc2[nH]1. The first-order valence-corrected chi connectivity index (χ1v) is 9.70. The summed E-state index contributed by atoms with van der Waals surface area (Å²) in [6.45, 7) is 0.570. The van der Waals surface area contributed by atoms with E-state index in [0.717, 1.165) is 22.0 Å². The Morgan fingerprint density at radius 2 is 1.81 bits per heavy atom. The predicted molar refractivity (Wildman–Crippen MR) is 117 cm³/mol. The number of allylic oxidation sites excluding steroid dienone is 1. The zero-order valence-electron chi connectivity index (χ0n) is 16.3. The van der Waals surface area contributed by atoms with Gasteiger partial charge in [0.2, 0.25) is 0 Å². The summed E-state index contributed by atoms with van der Waals surface area (Å²) < 4.78 is 28.8. The van der Waals surface area contributed by atoms with E-state index >= 15 is 0 Å². The van der Waals surface area contributed by atoms with E-state index in [2.05, 4.69) is 20.6 Å². The van der Waals surface area contributed by atoms with Crippen molar-refractivity contribution in [2.45, 2.75) is 6.54 Å². The predicted octanol–water partition coefficient (Wildman–Crippen LogP) is 5.91. The minimum atomic E-state index is -0.367. The van der Waals surface area contributed by atoms with Crippen LogP contribution < -0.4 is 0 Å². The molecule has 0 spiro atoms. The van der Waals surface area contributed by atoms with Crippen LogP contribution in [0.2, 0.25) is 0 Å². The van der Waals surface area contributed by atoms with Gasteiger partial charge in [-0.3, -0.25) is 0 Å². The van der Waals surface area contributed by atoms with E-state index in [1.807, 2.05) is 30.5 Å². The van der Waals surface area contributed by atoms with Crippen molar-refractivity contribution in [2.24, 2.45) is 0 Å². The molecule has 5 aromatic rings. The molecule has 0 saturated carbocycles. The first-order valence-electron chi connectivity index (χ1n) is 9.70. The van der Waals surface area contributed by atoms with Gasteiger partial charge >= 0.3 is 0 Å². The molecule has 0 atom stereocenters. The van der Waals surface area contributed by atoms with Gasteiger partial charge < -0.3 is 9.55 Å². The lowest BCUT2D eigenvalue weighted by Crippen LogP contribution is -1.97. The monoisotopic (exact) mass is 410 g/mol. The van der Waals surface area contributed by atoms with Crippen molar-refractivity contribution in [1.29, 1.82) is 5.26 Å². The van der Waals surface area contributed by atoms with Crippen molar-refractivity contribution in [3.8, 4) is 6.07 Å². The van der Waals surface area contributed by atoms with Gasteiger partial charge in [-0.05, 0) is 48.0 Å². The van der Waals surface area contributed by atoms with Crippen LogP contribution in [0.5, 0.6) is 0 Å². The molecule has 0 radical (unpaired) electrons. The highest BCUT2D eigenvalue weighted by Gasteiger charge is 2.12. The minimum Gasteiger partial charge on any atom is -0.342 e. The van der Waals surface area contributed by atoms with Crippen LogP contribution in [0, 0.1) is 23.0 Å². The highest BCUT2D eigenvalue weighted by molar-refractivity contribution is 5.98. The van der Waals surface area contributed by atoms with E-state index in [1.165, 1.54) is 24.3 Å². The minimum absolute atomic E-state index is 0.269. The van der Waals surface area contributed by atoms with Crippen molar-refractivity contribution in [3.63, 3.8) is 0 Å². The molecular formula is C25H16F2N4. The van der Waals surface area contributed by atoms with Gasteiger partial charge in [0, 0.05) is 29.2 Å². The average Bonchev–Trinajstić information content (AvgIpc) is 3.35. The van der Waals surface area contributed by atoms with Crippen LogP contribution in [-0.2, 0) is 6.54 Å². The number of aromatic amines is 1. The van der Waals surface area contributed by atoms with Gasteiger partial charge in [-0.25, -0.2) is 13.8 Å². The van der Waals surface area contributed by atoms with Gasteiger partial charge in [0.15, 0.2) is 0 Å². The number of nitrogens with zero attached hydrogens (tertiary/aromatic N) is 3. The maximum absolute atomic E-state index is 13.5. The number of imidazole rings is 1. The molecule has 6 heteroatoms. The van der Waals surface area contributed by atoms with Gasteiger partial charge in [-0.1, -0.05) is 30.3 Å². The maximum Gasteiger partial charge on any atom is 0.149 e. The molecular weight excluding hydrogens is 394 g/mol. The zero-order chi connectivity index (χ0) is 21.4. The molecule has 0 aliphatic carbocycles. The Balaban J connectivity index is 1.59. The van der Waals surface area contributed by atoms with Crippen LogP contribution in [0.4, 0.5) is 8.78 Å². The molecule has 5 rings (SSSR count). The van der Waals surface area contributed by atoms with E-state index in [4.69, 9.17) is 0 Å². The molecule has 2 aromatic heterocycles. The maximum atomic E-state index is 13.5. The van der Waals surface area contributed by atoms with Crippen LogP contribution in [0.15, 0.2) is 72.9 Å². The summed E-state index contributed by atoms with van der Waals surface area (Å²) in [4.78, 5) is 7.45. The van der Waals surface area contributed by atoms with E-state index in [9.17, 15) is 14.0 Å². The molecule has 0 amide bonds. The third-order valence-electron chi connectivity index (χ3n) is 5.20. The third kappa shape index (κ3) is 3.58. The van der Waals surface area contributed by atoms with Crippen molar-refractivity contribution >= 4 is 33.6 Å². The molecule has 0 saturated heterocycles. The molecule has 150 valence electrons. The Morgan fingerprint density at radius 1 is 1.03 bits per heavy atom. The first kappa shape index (κ1) is 18.8. The molecule has 2 heterocycles. The lowest BCUT2D eigenvalue weighted by molar-refractivity contribution is 0.626.